The molecular formula is C22H21N5O. The zero-order valence-corrected chi connectivity index (χ0v) is 16.1. The topological polar surface area (TPSA) is 72.2 Å². The monoisotopic (exact) mass is 371 g/mol. The van der Waals surface area contributed by atoms with Crippen LogP contribution in [0.2, 0.25) is 0 Å². The third kappa shape index (κ3) is 3.49. The van der Waals surface area contributed by atoms with E-state index in [1.165, 1.54) is 5.56 Å². The number of fused-ring (bicyclic) bond motifs is 1. The van der Waals surface area contributed by atoms with Gasteiger partial charge in [-0.2, -0.15) is 4.98 Å². The number of amides is 1. The lowest BCUT2D eigenvalue weighted by molar-refractivity contribution is -0.115. The third-order valence-electron chi connectivity index (χ3n) is 4.75. The molecule has 0 aliphatic heterocycles. The summed E-state index contributed by atoms with van der Waals surface area (Å²) in [6.45, 7) is 5.89. The van der Waals surface area contributed by atoms with Crippen LogP contribution in [0.15, 0.2) is 54.6 Å². The summed E-state index contributed by atoms with van der Waals surface area (Å²) in [6, 6.07) is 17.5. The Bertz CT molecular complexity index is 1150. The van der Waals surface area contributed by atoms with E-state index >= 15 is 0 Å². The van der Waals surface area contributed by atoms with Gasteiger partial charge >= 0.3 is 0 Å². The third-order valence-corrected chi connectivity index (χ3v) is 4.75. The van der Waals surface area contributed by atoms with Crippen molar-refractivity contribution in [2.24, 2.45) is 0 Å². The first kappa shape index (κ1) is 17.9. The molecule has 2 aromatic heterocycles. The van der Waals surface area contributed by atoms with E-state index in [9.17, 15) is 4.79 Å². The molecule has 28 heavy (non-hydrogen) atoms. The van der Waals surface area contributed by atoms with E-state index < -0.39 is 0 Å². The number of carbonyl (C=O) groups excluding carboxylic acids is 1. The van der Waals surface area contributed by atoms with E-state index in [-0.39, 0.29) is 12.3 Å². The smallest absolute Gasteiger partial charge is 0.253 e. The van der Waals surface area contributed by atoms with Crippen LogP contribution in [0.4, 0.5) is 5.69 Å². The molecule has 2 heterocycles. The molecule has 0 spiro atoms. The average molecular weight is 371 g/mol. The summed E-state index contributed by atoms with van der Waals surface area (Å²) in [6.07, 6.45) is 0.231. The van der Waals surface area contributed by atoms with Crippen LogP contribution >= 0.6 is 0 Å². The van der Waals surface area contributed by atoms with Gasteiger partial charge in [0.25, 0.3) is 5.78 Å². The fourth-order valence-electron chi connectivity index (χ4n) is 3.18. The van der Waals surface area contributed by atoms with Gasteiger partial charge in [0.05, 0.1) is 6.42 Å². The molecule has 0 fully saturated rings. The minimum atomic E-state index is -0.0857. The maximum atomic E-state index is 12.5. The lowest BCUT2D eigenvalue weighted by atomic mass is 10.1. The van der Waals surface area contributed by atoms with Gasteiger partial charge in [-0.25, -0.2) is 9.50 Å². The summed E-state index contributed by atoms with van der Waals surface area (Å²) in [5.74, 6) is 1.08. The van der Waals surface area contributed by atoms with Crippen molar-refractivity contribution < 1.29 is 4.79 Å². The molecule has 0 aliphatic rings. The number of para-hydroxylation sites is 1. The van der Waals surface area contributed by atoms with E-state index in [4.69, 9.17) is 0 Å². The molecule has 6 heteroatoms. The number of rotatable bonds is 4. The molecule has 4 aromatic rings. The van der Waals surface area contributed by atoms with Gasteiger partial charge in [-0.15, -0.1) is 5.10 Å². The first-order chi connectivity index (χ1) is 13.5. The van der Waals surface area contributed by atoms with Gasteiger partial charge in [0.1, 0.15) is 0 Å². The second kappa shape index (κ2) is 7.23. The summed E-state index contributed by atoms with van der Waals surface area (Å²) in [5, 5.41) is 7.53. The Kier molecular flexibility index (Phi) is 4.61. The number of hydrogen-bond donors (Lipinski definition) is 1. The van der Waals surface area contributed by atoms with Crippen molar-refractivity contribution in [3.63, 3.8) is 0 Å². The fraction of sp³-hybridized carbons (Fsp3) is 0.182. The number of hydrogen-bond acceptors (Lipinski definition) is 4. The molecule has 0 saturated carbocycles. The quantitative estimate of drug-likeness (QED) is 0.591. The first-order valence-electron chi connectivity index (χ1n) is 9.16. The van der Waals surface area contributed by atoms with Crippen LogP contribution in [-0.4, -0.2) is 25.5 Å². The second-order valence-corrected chi connectivity index (χ2v) is 6.87. The summed E-state index contributed by atoms with van der Waals surface area (Å²) in [7, 11) is 0. The normalized spacial score (nSPS) is 11.0. The van der Waals surface area contributed by atoms with Crippen molar-refractivity contribution in [2.75, 3.05) is 5.32 Å². The van der Waals surface area contributed by atoms with Crippen molar-refractivity contribution in [3.8, 4) is 11.4 Å². The highest BCUT2D eigenvalue weighted by molar-refractivity contribution is 5.92. The van der Waals surface area contributed by atoms with E-state index in [0.29, 0.717) is 11.6 Å². The van der Waals surface area contributed by atoms with Crippen LogP contribution in [0.3, 0.4) is 0 Å². The second-order valence-electron chi connectivity index (χ2n) is 6.87. The number of aromatic nitrogens is 4. The molecule has 0 aliphatic carbocycles. The molecule has 6 nitrogen and oxygen atoms in total. The highest BCUT2D eigenvalue weighted by atomic mass is 16.1. The van der Waals surface area contributed by atoms with Gasteiger partial charge in [-0.1, -0.05) is 48.0 Å². The molecule has 4 rings (SSSR count). The van der Waals surface area contributed by atoms with Gasteiger partial charge in [-0.3, -0.25) is 4.79 Å². The van der Waals surface area contributed by atoms with Crippen LogP contribution < -0.4 is 5.32 Å². The van der Waals surface area contributed by atoms with E-state index in [2.05, 4.69) is 20.4 Å². The zero-order chi connectivity index (χ0) is 19.7. The highest BCUT2D eigenvalue weighted by Gasteiger charge is 2.16. The molecule has 1 N–H and O–H groups in total. The maximum Gasteiger partial charge on any atom is 0.253 e. The average Bonchev–Trinajstić information content (AvgIpc) is 3.10. The van der Waals surface area contributed by atoms with Crippen LogP contribution in [0.25, 0.3) is 17.2 Å². The largest absolute Gasteiger partial charge is 0.326 e. The van der Waals surface area contributed by atoms with Gasteiger partial charge in [-0.05, 0) is 32.9 Å². The van der Waals surface area contributed by atoms with Gasteiger partial charge < -0.3 is 5.32 Å². The Hall–Kier alpha value is -3.54. The number of anilines is 1. The first-order valence-corrected chi connectivity index (χ1v) is 9.16. The Balaban J connectivity index is 1.65. The number of benzene rings is 2. The standard InChI is InChI=1S/C22H21N5O/c1-14-9-11-17(12-10-14)21-25-22-23-15(2)19(16(3)27(22)26-21)13-20(28)24-18-7-5-4-6-8-18/h4-12H,13H2,1-3H3,(H,24,28). The van der Waals surface area contributed by atoms with Gasteiger partial charge in [0.2, 0.25) is 5.91 Å². The van der Waals surface area contributed by atoms with E-state index in [0.717, 1.165) is 28.2 Å². The van der Waals surface area contributed by atoms with Gasteiger partial charge in [0.15, 0.2) is 5.82 Å². The minimum absolute atomic E-state index is 0.0857. The van der Waals surface area contributed by atoms with Crippen molar-refractivity contribution in [3.05, 3.63) is 77.1 Å². The van der Waals surface area contributed by atoms with Crippen molar-refractivity contribution in [2.45, 2.75) is 27.2 Å². The molecule has 0 atom stereocenters. The summed E-state index contributed by atoms with van der Waals surface area (Å²) in [4.78, 5) is 21.6. The highest BCUT2D eigenvalue weighted by Crippen LogP contribution is 2.20. The molecular weight excluding hydrogens is 350 g/mol. The fourth-order valence-corrected chi connectivity index (χ4v) is 3.18. The molecule has 0 bridgehead atoms. The van der Waals surface area contributed by atoms with Crippen LogP contribution in [-0.2, 0) is 11.2 Å². The van der Waals surface area contributed by atoms with Crippen LogP contribution in [0.1, 0.15) is 22.5 Å². The predicted octanol–water partition coefficient (Wildman–Crippen LogP) is 3.90. The summed E-state index contributed by atoms with van der Waals surface area (Å²) >= 11 is 0. The molecule has 140 valence electrons. The number of aryl methyl sites for hydroxylation is 3. The molecule has 2 aromatic carbocycles. The predicted molar refractivity (Wildman–Crippen MR) is 109 cm³/mol. The Labute approximate surface area is 163 Å². The minimum Gasteiger partial charge on any atom is -0.326 e. The maximum absolute atomic E-state index is 12.5. The molecule has 0 saturated heterocycles. The Morgan fingerprint density at radius 3 is 2.39 bits per heavy atom. The molecule has 1 amide bonds. The van der Waals surface area contributed by atoms with Crippen LogP contribution in [0.5, 0.6) is 0 Å². The van der Waals surface area contributed by atoms with Crippen molar-refractivity contribution in [1.82, 2.24) is 19.6 Å². The van der Waals surface area contributed by atoms with Gasteiger partial charge in [0, 0.05) is 28.2 Å². The zero-order valence-electron chi connectivity index (χ0n) is 16.1. The van der Waals surface area contributed by atoms with E-state index in [1.54, 1.807) is 4.52 Å². The molecule has 0 radical (unpaired) electrons. The number of carbonyl (C=O) groups is 1. The molecule has 0 unspecified atom stereocenters. The summed E-state index contributed by atoms with van der Waals surface area (Å²) in [5.41, 5.74) is 5.43. The lowest BCUT2D eigenvalue weighted by Gasteiger charge is -2.10. The Morgan fingerprint density at radius 1 is 0.964 bits per heavy atom. The van der Waals surface area contributed by atoms with Crippen molar-refractivity contribution in [1.29, 1.82) is 0 Å². The number of nitrogens with zero attached hydrogens (tertiary/aromatic N) is 4. The van der Waals surface area contributed by atoms with E-state index in [1.807, 2.05) is 75.4 Å². The number of nitrogens with one attached hydrogen (secondary N) is 1. The SMILES string of the molecule is Cc1ccc(-c2nc3nc(C)c(CC(=O)Nc4ccccc4)c(C)n3n2)cc1. The lowest BCUT2D eigenvalue weighted by Crippen LogP contribution is -2.17. The summed E-state index contributed by atoms with van der Waals surface area (Å²) < 4.78 is 1.72. The van der Waals surface area contributed by atoms with Crippen molar-refractivity contribution >= 4 is 17.4 Å². The Morgan fingerprint density at radius 2 is 1.68 bits per heavy atom. The van der Waals surface area contributed by atoms with Crippen LogP contribution in [0, 0.1) is 20.8 Å².